The zero-order valence-corrected chi connectivity index (χ0v) is 26.5. The predicted octanol–water partition coefficient (Wildman–Crippen LogP) is 7.44. The number of aromatic carboxylic acids is 2. The van der Waals surface area contributed by atoms with Crippen molar-refractivity contribution in [1.29, 1.82) is 0 Å². The Balaban J connectivity index is 1.48. The van der Waals surface area contributed by atoms with Gasteiger partial charge in [0.25, 0.3) is 10.1 Å². The highest BCUT2D eigenvalue weighted by molar-refractivity contribution is 7.86. The summed E-state index contributed by atoms with van der Waals surface area (Å²) in [6.45, 7) is 0. The van der Waals surface area contributed by atoms with Gasteiger partial charge in [-0.3, -0.25) is 15.4 Å². The van der Waals surface area contributed by atoms with Crippen LogP contribution in [0.1, 0.15) is 31.8 Å². The number of rotatable bonds is 11. The maximum Gasteiger partial charge on any atom is 0.337 e. The number of para-hydroxylation sites is 2. The van der Waals surface area contributed by atoms with Gasteiger partial charge in [-0.2, -0.15) is 18.6 Å². The highest BCUT2D eigenvalue weighted by atomic mass is 32.2. The number of hydrogen-bond acceptors (Lipinski definition) is 10. The summed E-state index contributed by atoms with van der Waals surface area (Å²) < 4.78 is 34.9. The first kappa shape index (κ1) is 34.4. The summed E-state index contributed by atoms with van der Waals surface area (Å²) in [5, 5.41) is 43.9. The smallest absolute Gasteiger partial charge is 0.337 e. The molecule has 0 atom stereocenters. The molecule has 250 valence electrons. The molecule has 0 aliphatic carbocycles. The number of benzene rings is 5. The molecule has 15 nitrogen and oxygen atoms in total. The van der Waals surface area contributed by atoms with Gasteiger partial charge in [-0.05, 0) is 42.5 Å². The Bertz CT molecular complexity index is 2260. The summed E-state index contributed by atoms with van der Waals surface area (Å²) in [5.74, 6) is -2.34. The lowest BCUT2D eigenvalue weighted by molar-refractivity contribution is 0.0687. The van der Waals surface area contributed by atoms with Crippen LogP contribution < -0.4 is 10.9 Å². The Morgan fingerprint density at radius 3 is 1.46 bits per heavy atom. The number of hydrazone groups is 2. The number of carbonyl (C=O) groups is 2. The highest BCUT2D eigenvalue weighted by Crippen LogP contribution is 2.30. The van der Waals surface area contributed by atoms with Crippen LogP contribution in [0.15, 0.2) is 163 Å². The molecule has 0 heterocycles. The Hall–Kier alpha value is -6.91. The van der Waals surface area contributed by atoms with Gasteiger partial charge in [-0.1, -0.05) is 84.9 Å². The summed E-state index contributed by atoms with van der Waals surface area (Å²) in [5.41, 5.74) is 6.37. The largest absolute Gasteiger partial charge is 0.478 e. The third-order valence-electron chi connectivity index (χ3n) is 6.68. The van der Waals surface area contributed by atoms with Crippen molar-refractivity contribution in [3.63, 3.8) is 0 Å². The lowest BCUT2D eigenvalue weighted by atomic mass is 10.2. The minimum atomic E-state index is -4.86. The van der Waals surface area contributed by atoms with Gasteiger partial charge >= 0.3 is 11.9 Å². The fourth-order valence-electron chi connectivity index (χ4n) is 4.28. The van der Waals surface area contributed by atoms with Crippen LogP contribution in [0.4, 0.5) is 22.7 Å². The number of amidine groups is 2. The van der Waals surface area contributed by atoms with Gasteiger partial charge in [-0.15, -0.1) is 20.5 Å². The van der Waals surface area contributed by atoms with E-state index in [1.165, 1.54) is 36.4 Å². The molecular formula is C34H26N8O7S. The number of hydrogen-bond donors (Lipinski definition) is 5. The summed E-state index contributed by atoms with van der Waals surface area (Å²) in [7, 11) is -4.86. The Kier molecular flexibility index (Phi) is 10.9. The molecule has 0 saturated carbocycles. The fourth-order valence-corrected chi connectivity index (χ4v) is 4.93. The molecule has 0 saturated heterocycles. The van der Waals surface area contributed by atoms with Crippen LogP contribution in [0, 0.1) is 0 Å². The zero-order valence-electron chi connectivity index (χ0n) is 25.7. The number of nitrogens with zero attached hydrogens (tertiary/aromatic N) is 6. The molecule has 0 fully saturated rings. The third-order valence-corrected chi connectivity index (χ3v) is 7.56. The van der Waals surface area contributed by atoms with Crippen molar-refractivity contribution in [1.82, 2.24) is 0 Å². The summed E-state index contributed by atoms with van der Waals surface area (Å²) in [6, 6.07) is 33.0. The molecule has 0 bridgehead atoms. The fraction of sp³-hybridized carbons (Fsp3) is 0. The first-order valence-corrected chi connectivity index (χ1v) is 15.9. The summed E-state index contributed by atoms with van der Waals surface area (Å²) in [4.78, 5) is 22.6. The molecule has 5 rings (SSSR count). The van der Waals surface area contributed by atoms with E-state index in [9.17, 15) is 32.8 Å². The monoisotopic (exact) mass is 690 g/mol. The second kappa shape index (κ2) is 15.8. The van der Waals surface area contributed by atoms with E-state index < -0.39 is 27.0 Å². The Labute approximate surface area is 284 Å². The molecule has 0 radical (unpaired) electrons. The molecule has 50 heavy (non-hydrogen) atoms. The van der Waals surface area contributed by atoms with Crippen LogP contribution in [0.25, 0.3) is 0 Å². The van der Waals surface area contributed by atoms with Crippen LogP contribution in [0.5, 0.6) is 0 Å². The average molecular weight is 691 g/mol. The van der Waals surface area contributed by atoms with Gasteiger partial charge in [-0.25, -0.2) is 9.59 Å². The summed E-state index contributed by atoms with van der Waals surface area (Å²) >= 11 is 0. The van der Waals surface area contributed by atoms with Gasteiger partial charge in [0.1, 0.15) is 10.6 Å². The molecule has 16 heteroatoms. The number of anilines is 2. The zero-order chi connectivity index (χ0) is 35.5. The molecule has 0 spiro atoms. The van der Waals surface area contributed by atoms with Crippen molar-refractivity contribution < 1.29 is 32.8 Å². The van der Waals surface area contributed by atoms with Crippen molar-refractivity contribution >= 4 is 56.5 Å². The first-order valence-electron chi connectivity index (χ1n) is 14.5. The van der Waals surface area contributed by atoms with E-state index in [0.29, 0.717) is 11.1 Å². The quantitative estimate of drug-likeness (QED) is 0.0304. The molecule has 0 aliphatic heterocycles. The molecular weight excluding hydrogens is 664 g/mol. The van der Waals surface area contributed by atoms with Gasteiger partial charge in [0, 0.05) is 11.1 Å². The van der Waals surface area contributed by atoms with Crippen LogP contribution in [-0.2, 0) is 10.1 Å². The van der Waals surface area contributed by atoms with Crippen LogP contribution >= 0.6 is 0 Å². The molecule has 0 aromatic heterocycles. The number of carboxylic acid groups (broad SMARTS) is 2. The molecule has 0 amide bonds. The van der Waals surface area contributed by atoms with Crippen LogP contribution in [0.2, 0.25) is 0 Å². The molecule has 5 aromatic rings. The summed E-state index contributed by atoms with van der Waals surface area (Å²) in [6.07, 6.45) is 0. The van der Waals surface area contributed by atoms with E-state index >= 15 is 0 Å². The van der Waals surface area contributed by atoms with Crippen molar-refractivity contribution in [2.45, 2.75) is 4.90 Å². The van der Waals surface area contributed by atoms with Crippen molar-refractivity contribution in [3.05, 3.63) is 150 Å². The second-order valence-corrected chi connectivity index (χ2v) is 11.4. The molecule has 0 unspecified atom stereocenters. The van der Waals surface area contributed by atoms with E-state index in [4.69, 9.17) is 0 Å². The minimum Gasteiger partial charge on any atom is -0.478 e. The normalized spacial score (nSPS) is 12.3. The van der Waals surface area contributed by atoms with Gasteiger partial charge in [0.05, 0.1) is 28.2 Å². The lowest BCUT2D eigenvalue weighted by Gasteiger charge is -2.07. The highest BCUT2D eigenvalue weighted by Gasteiger charge is 2.18. The number of azo groups is 2. The maximum atomic E-state index is 12.4. The van der Waals surface area contributed by atoms with E-state index in [1.54, 1.807) is 84.9 Å². The topological polar surface area (TPSA) is 227 Å². The Morgan fingerprint density at radius 1 is 0.560 bits per heavy atom. The first-order chi connectivity index (χ1) is 24.1. The van der Waals surface area contributed by atoms with Crippen molar-refractivity contribution in [2.24, 2.45) is 30.7 Å². The van der Waals surface area contributed by atoms with E-state index in [0.717, 1.165) is 6.07 Å². The molecule has 5 N–H and O–H groups in total. The molecule has 5 aromatic carbocycles. The predicted molar refractivity (Wildman–Crippen MR) is 185 cm³/mol. The molecule has 0 aliphatic rings. The van der Waals surface area contributed by atoms with Gasteiger partial charge in [0.2, 0.25) is 11.7 Å². The minimum absolute atomic E-state index is 0.00460. The van der Waals surface area contributed by atoms with Crippen molar-refractivity contribution in [2.75, 3.05) is 10.9 Å². The van der Waals surface area contributed by atoms with Gasteiger partial charge in [0.15, 0.2) is 0 Å². The SMILES string of the molecule is O=C(O)c1ccccc1N/N=C(/N=Nc1ccc(N=N/C(=N/Nc2ccccc2C(=O)O)c2ccccc2)c(S(=O)(=O)O)c1)c1ccccc1. The third kappa shape index (κ3) is 8.91. The van der Waals surface area contributed by atoms with E-state index in [-0.39, 0.29) is 45.5 Å². The van der Waals surface area contributed by atoms with E-state index in [1.807, 2.05) is 0 Å². The standard InChI is InChI=1S/C34H26N8O7S/c43-33(44)25-15-7-9-17-27(25)36-40-31(22-11-3-1-4-12-22)39-35-24-19-20-29(30(21-24)50(47,48)49)38-42-32(23-13-5-2-6-14-23)41-37-28-18-10-8-16-26(28)34(45)46/h1-21,36-37H,(H,43,44)(H,45,46)(H,47,48,49)/b39-35?,40-31+,41-32+,42-38?. The lowest BCUT2D eigenvalue weighted by Crippen LogP contribution is -2.05. The maximum absolute atomic E-state index is 12.4. The van der Waals surface area contributed by atoms with Crippen LogP contribution in [0.3, 0.4) is 0 Å². The number of nitrogens with one attached hydrogen (secondary N) is 2. The number of carboxylic acids is 2. The average Bonchev–Trinajstić information content (AvgIpc) is 3.12. The van der Waals surface area contributed by atoms with E-state index in [2.05, 4.69) is 41.5 Å². The van der Waals surface area contributed by atoms with Gasteiger partial charge < -0.3 is 10.2 Å². The van der Waals surface area contributed by atoms with Crippen molar-refractivity contribution in [3.8, 4) is 0 Å². The van der Waals surface area contributed by atoms with Crippen LogP contribution in [-0.4, -0.2) is 46.8 Å². The second-order valence-electron chi connectivity index (χ2n) is 10.1. The Morgan fingerprint density at radius 2 is 1.00 bits per heavy atom.